The number of carbonyl (C=O) groups is 1. The Morgan fingerprint density at radius 2 is 1.76 bits per heavy atom. The Morgan fingerprint density at radius 3 is 2.38 bits per heavy atom. The highest BCUT2D eigenvalue weighted by atomic mass is 35.5. The van der Waals surface area contributed by atoms with Crippen molar-refractivity contribution in [2.24, 2.45) is 0 Å². The first-order chi connectivity index (χ1) is 13.7. The minimum Gasteiger partial charge on any atom is -0.369 e. The standard InChI is InChI=1S/C21H23ClF3N3O/c1-15(20(29)26-14-16-3-2-4-17(13-16)21(23,24)25)27-9-11-28(12-10-27)19-7-5-18(22)6-8-19/h2-8,13,15H,9-12,14H2,1H3,(H,26,29)/t15-/m0/s1. The molecule has 2 aromatic rings. The number of hydrogen-bond donors (Lipinski definition) is 1. The molecule has 1 aliphatic heterocycles. The minimum atomic E-state index is -4.39. The third kappa shape index (κ3) is 5.64. The summed E-state index contributed by atoms with van der Waals surface area (Å²) in [5, 5.41) is 3.44. The molecule has 0 bridgehead atoms. The maximum absolute atomic E-state index is 12.8. The number of amides is 1. The molecule has 1 aliphatic rings. The van der Waals surface area contributed by atoms with Crippen LogP contribution >= 0.6 is 11.6 Å². The topological polar surface area (TPSA) is 35.6 Å². The molecule has 3 rings (SSSR count). The van der Waals surface area contributed by atoms with Crippen LogP contribution in [-0.2, 0) is 17.5 Å². The summed E-state index contributed by atoms with van der Waals surface area (Å²) in [7, 11) is 0. The first-order valence-corrected chi connectivity index (χ1v) is 9.80. The van der Waals surface area contributed by atoms with Crippen molar-refractivity contribution in [3.63, 3.8) is 0 Å². The Bertz CT molecular complexity index is 834. The molecule has 1 fully saturated rings. The monoisotopic (exact) mass is 425 g/mol. The number of carbonyl (C=O) groups excluding carboxylic acids is 1. The molecule has 1 N–H and O–H groups in total. The molecular weight excluding hydrogens is 403 g/mol. The number of alkyl halides is 3. The molecule has 1 atom stereocenters. The van der Waals surface area contributed by atoms with Gasteiger partial charge in [-0.05, 0) is 48.9 Å². The van der Waals surface area contributed by atoms with Gasteiger partial charge in [-0.1, -0.05) is 23.7 Å². The van der Waals surface area contributed by atoms with Crippen molar-refractivity contribution in [2.75, 3.05) is 31.1 Å². The van der Waals surface area contributed by atoms with E-state index in [-0.39, 0.29) is 18.5 Å². The molecule has 4 nitrogen and oxygen atoms in total. The van der Waals surface area contributed by atoms with Gasteiger partial charge in [-0.25, -0.2) is 0 Å². The van der Waals surface area contributed by atoms with E-state index in [0.29, 0.717) is 10.6 Å². The molecule has 1 saturated heterocycles. The molecule has 2 aromatic carbocycles. The lowest BCUT2D eigenvalue weighted by Crippen LogP contribution is -2.53. The number of nitrogens with one attached hydrogen (secondary N) is 1. The third-order valence-corrected chi connectivity index (χ3v) is 5.41. The Kier molecular flexibility index (Phi) is 6.70. The molecule has 0 saturated carbocycles. The molecule has 8 heteroatoms. The van der Waals surface area contributed by atoms with Crippen LogP contribution in [0.25, 0.3) is 0 Å². The molecule has 1 heterocycles. The van der Waals surface area contributed by atoms with Crippen molar-refractivity contribution in [1.29, 1.82) is 0 Å². The van der Waals surface area contributed by atoms with Gasteiger partial charge >= 0.3 is 6.18 Å². The lowest BCUT2D eigenvalue weighted by molar-refractivity contribution is -0.137. The maximum atomic E-state index is 12.8. The zero-order valence-corrected chi connectivity index (χ0v) is 16.8. The highest BCUT2D eigenvalue weighted by Crippen LogP contribution is 2.29. The second-order valence-electron chi connectivity index (χ2n) is 7.09. The van der Waals surface area contributed by atoms with Gasteiger partial charge in [0.05, 0.1) is 11.6 Å². The van der Waals surface area contributed by atoms with Crippen LogP contribution in [0.15, 0.2) is 48.5 Å². The number of rotatable bonds is 5. The minimum absolute atomic E-state index is 0.0673. The van der Waals surface area contributed by atoms with E-state index >= 15 is 0 Å². The van der Waals surface area contributed by atoms with Crippen molar-refractivity contribution in [3.05, 3.63) is 64.7 Å². The third-order valence-electron chi connectivity index (χ3n) is 5.15. The fourth-order valence-electron chi connectivity index (χ4n) is 3.38. The Labute approximate surface area is 173 Å². The summed E-state index contributed by atoms with van der Waals surface area (Å²) in [6.45, 7) is 4.90. The van der Waals surface area contributed by atoms with Crippen LogP contribution in [0.3, 0.4) is 0 Å². The van der Waals surface area contributed by atoms with Crippen LogP contribution in [0.5, 0.6) is 0 Å². The summed E-state index contributed by atoms with van der Waals surface area (Å²) in [5.74, 6) is -0.192. The smallest absolute Gasteiger partial charge is 0.369 e. The van der Waals surface area contributed by atoms with Gasteiger partial charge in [-0.3, -0.25) is 9.69 Å². The van der Waals surface area contributed by atoms with Gasteiger partial charge < -0.3 is 10.2 Å². The van der Waals surface area contributed by atoms with E-state index in [0.717, 1.165) is 44.0 Å². The number of anilines is 1. The zero-order valence-electron chi connectivity index (χ0n) is 16.0. The van der Waals surface area contributed by atoms with E-state index in [2.05, 4.69) is 15.1 Å². The molecular formula is C21H23ClF3N3O. The highest BCUT2D eigenvalue weighted by Gasteiger charge is 2.30. The van der Waals surface area contributed by atoms with Crippen LogP contribution in [0, 0.1) is 0 Å². The Hall–Kier alpha value is -2.25. The molecule has 0 aromatic heterocycles. The first-order valence-electron chi connectivity index (χ1n) is 9.42. The predicted molar refractivity (Wildman–Crippen MR) is 108 cm³/mol. The lowest BCUT2D eigenvalue weighted by atomic mass is 10.1. The molecule has 156 valence electrons. The number of benzene rings is 2. The molecule has 29 heavy (non-hydrogen) atoms. The molecule has 0 radical (unpaired) electrons. The van der Waals surface area contributed by atoms with Gasteiger partial charge in [0.15, 0.2) is 0 Å². The molecule has 0 aliphatic carbocycles. The number of halogens is 4. The van der Waals surface area contributed by atoms with Crippen LogP contribution in [0.2, 0.25) is 5.02 Å². The van der Waals surface area contributed by atoms with Crippen molar-refractivity contribution in [3.8, 4) is 0 Å². The summed E-state index contributed by atoms with van der Waals surface area (Å²) in [4.78, 5) is 16.8. The average molecular weight is 426 g/mol. The Morgan fingerprint density at radius 1 is 1.10 bits per heavy atom. The zero-order chi connectivity index (χ0) is 21.0. The molecule has 0 spiro atoms. The van der Waals surface area contributed by atoms with E-state index in [1.165, 1.54) is 6.07 Å². The van der Waals surface area contributed by atoms with Crippen molar-refractivity contribution in [2.45, 2.75) is 25.7 Å². The summed E-state index contributed by atoms with van der Waals surface area (Å²) in [6, 6.07) is 12.3. The van der Waals surface area contributed by atoms with E-state index in [9.17, 15) is 18.0 Å². The van der Waals surface area contributed by atoms with Gasteiger partial charge in [-0.2, -0.15) is 13.2 Å². The van der Waals surface area contributed by atoms with Crippen LogP contribution < -0.4 is 10.2 Å². The van der Waals surface area contributed by atoms with Gasteiger partial charge in [0.2, 0.25) is 5.91 Å². The van der Waals surface area contributed by atoms with E-state index < -0.39 is 11.7 Å². The van der Waals surface area contributed by atoms with Crippen molar-refractivity contribution in [1.82, 2.24) is 10.2 Å². The van der Waals surface area contributed by atoms with Gasteiger partial charge in [0, 0.05) is 43.4 Å². The van der Waals surface area contributed by atoms with E-state index in [4.69, 9.17) is 11.6 Å². The molecule has 0 unspecified atom stereocenters. The summed E-state index contributed by atoms with van der Waals surface area (Å²) in [6.07, 6.45) is -4.39. The van der Waals surface area contributed by atoms with Gasteiger partial charge in [0.1, 0.15) is 0 Å². The normalized spacial score (nSPS) is 16.5. The number of nitrogens with zero attached hydrogens (tertiary/aromatic N) is 2. The average Bonchev–Trinajstić information content (AvgIpc) is 2.72. The first kappa shape index (κ1) is 21.5. The van der Waals surface area contributed by atoms with Gasteiger partial charge in [-0.15, -0.1) is 0 Å². The second kappa shape index (κ2) is 9.05. The highest BCUT2D eigenvalue weighted by molar-refractivity contribution is 6.30. The predicted octanol–water partition coefficient (Wildman–Crippen LogP) is 4.19. The second-order valence-corrected chi connectivity index (χ2v) is 7.53. The van der Waals surface area contributed by atoms with E-state index in [1.54, 1.807) is 6.07 Å². The van der Waals surface area contributed by atoms with Crippen LogP contribution in [0.1, 0.15) is 18.1 Å². The maximum Gasteiger partial charge on any atom is 0.416 e. The van der Waals surface area contributed by atoms with Crippen LogP contribution in [0.4, 0.5) is 18.9 Å². The summed E-state index contributed by atoms with van der Waals surface area (Å²) >= 11 is 5.93. The quantitative estimate of drug-likeness (QED) is 0.780. The summed E-state index contributed by atoms with van der Waals surface area (Å²) in [5.41, 5.74) is 0.805. The largest absolute Gasteiger partial charge is 0.416 e. The lowest BCUT2D eigenvalue weighted by Gasteiger charge is -2.38. The fourth-order valence-corrected chi connectivity index (χ4v) is 3.51. The van der Waals surface area contributed by atoms with Crippen molar-refractivity contribution >= 4 is 23.2 Å². The van der Waals surface area contributed by atoms with Gasteiger partial charge in [0.25, 0.3) is 0 Å². The summed E-state index contributed by atoms with van der Waals surface area (Å²) < 4.78 is 38.4. The molecule has 1 amide bonds. The SMILES string of the molecule is C[C@@H](C(=O)NCc1cccc(C(F)(F)F)c1)N1CCN(c2ccc(Cl)cc2)CC1. The van der Waals surface area contributed by atoms with E-state index in [1.807, 2.05) is 31.2 Å². The Balaban J connectivity index is 1.50. The number of piperazine rings is 1. The fraction of sp³-hybridized carbons (Fsp3) is 0.381. The number of hydrogen-bond acceptors (Lipinski definition) is 3. The van der Waals surface area contributed by atoms with Crippen molar-refractivity contribution < 1.29 is 18.0 Å². The van der Waals surface area contributed by atoms with Crippen LogP contribution in [-0.4, -0.2) is 43.0 Å².